The molecule has 0 saturated heterocycles. The average molecular weight is 943 g/mol. The van der Waals surface area contributed by atoms with Gasteiger partial charge in [-0.2, -0.15) is 0 Å². The largest absolute Gasteiger partial charge is 0.464 e. The summed E-state index contributed by atoms with van der Waals surface area (Å²) in [6, 6.07) is 23.3. The molecule has 8 N–H and O–H groups in total. The van der Waals surface area contributed by atoms with Gasteiger partial charge in [-0.3, -0.25) is 29.8 Å². The third-order valence-electron chi connectivity index (χ3n) is 10.0. The molecule has 65 heavy (non-hydrogen) atoms. The monoisotopic (exact) mass is 941 g/mol. The van der Waals surface area contributed by atoms with E-state index in [4.69, 9.17) is 55.6 Å². The molecule has 0 aromatic heterocycles. The number of hydrogen-bond donors (Lipinski definition) is 4. The SMILES string of the molecule is CCCCCCCCN(CCC(=O)OCCN(CC)c1ccc(N)cc1)CCC(=O)OCCN(CC)c1ccc(N)cc1.Nc1ccc([N+](=O)[O-])cc1Cl.Nc1ccc([N+](=O)[O-])cc1Cl. The predicted molar refractivity (Wildman–Crippen MR) is 263 cm³/mol. The molecule has 0 atom stereocenters. The first-order valence-electron chi connectivity index (χ1n) is 21.7. The molecular weight excluding hydrogens is 877 g/mol. The lowest BCUT2D eigenvalue weighted by atomic mass is 10.1. The summed E-state index contributed by atoms with van der Waals surface area (Å²) >= 11 is 11.1. The number of nitrogens with two attached hydrogens (primary N) is 4. The van der Waals surface area contributed by atoms with Crippen LogP contribution in [0.1, 0.15) is 72.1 Å². The first kappa shape index (κ1) is 55.1. The molecule has 0 aliphatic heterocycles. The van der Waals surface area contributed by atoms with Gasteiger partial charge < -0.3 is 47.1 Å². The van der Waals surface area contributed by atoms with Gasteiger partial charge in [0.15, 0.2) is 0 Å². The molecule has 4 rings (SSSR count). The summed E-state index contributed by atoms with van der Waals surface area (Å²) in [7, 11) is 0. The standard InChI is InChI=1S/C34H55N5O4.2C6H5ClN2O2/c1-4-7-8-9-10-11-22-37(23-20-33(40)42-27-25-38(5-2)31-16-12-29(35)13-17-31)24-21-34(41)43-28-26-39(6-3)32-18-14-30(36)15-19-32;2*7-5-3-4(9(10)11)1-2-6(5)8/h12-19H,4-11,20-28,35-36H2,1-3H3;2*1-3H,8H2. The zero-order valence-electron chi connectivity index (χ0n) is 37.7. The number of anilines is 6. The van der Waals surface area contributed by atoms with Gasteiger partial charge in [0.2, 0.25) is 0 Å². The highest BCUT2D eigenvalue weighted by molar-refractivity contribution is 6.33. The number of carbonyl (C=O) groups excluding carboxylic acids is 2. The maximum atomic E-state index is 12.6. The molecule has 0 radical (unpaired) electrons. The molecule has 0 saturated carbocycles. The molecule has 0 fully saturated rings. The van der Waals surface area contributed by atoms with Gasteiger partial charge in [0, 0.05) is 73.2 Å². The molecule has 0 bridgehead atoms. The van der Waals surface area contributed by atoms with Crippen LogP contribution in [0.25, 0.3) is 0 Å². The van der Waals surface area contributed by atoms with E-state index in [-0.39, 0.29) is 33.4 Å². The fourth-order valence-electron chi connectivity index (χ4n) is 6.20. The normalized spacial score (nSPS) is 10.5. The molecule has 356 valence electrons. The lowest BCUT2D eigenvalue weighted by molar-refractivity contribution is -0.385. The second-order valence-corrected chi connectivity index (χ2v) is 15.6. The summed E-state index contributed by atoms with van der Waals surface area (Å²) in [5.41, 5.74) is 26.4. The number of halogens is 2. The maximum absolute atomic E-state index is 12.6. The summed E-state index contributed by atoms with van der Waals surface area (Å²) in [4.78, 5) is 50.9. The number of benzene rings is 4. The van der Waals surface area contributed by atoms with Gasteiger partial charge in [0.25, 0.3) is 11.4 Å². The minimum absolute atomic E-state index is 0.0517. The molecule has 0 aliphatic rings. The number of carbonyl (C=O) groups is 2. The van der Waals surface area contributed by atoms with Gasteiger partial charge in [-0.1, -0.05) is 62.2 Å². The molecule has 0 unspecified atom stereocenters. The van der Waals surface area contributed by atoms with Crippen LogP contribution < -0.4 is 32.7 Å². The van der Waals surface area contributed by atoms with Gasteiger partial charge >= 0.3 is 11.9 Å². The van der Waals surface area contributed by atoms with Crippen LogP contribution in [0.3, 0.4) is 0 Å². The Morgan fingerprint density at radius 3 is 1.29 bits per heavy atom. The van der Waals surface area contributed by atoms with Gasteiger partial charge in [-0.05, 0) is 87.5 Å². The molecule has 17 nitrogen and oxygen atoms in total. The highest BCUT2D eigenvalue weighted by Gasteiger charge is 2.14. The highest BCUT2D eigenvalue weighted by atomic mass is 35.5. The van der Waals surface area contributed by atoms with E-state index >= 15 is 0 Å². The smallest absolute Gasteiger partial charge is 0.307 e. The van der Waals surface area contributed by atoms with Crippen molar-refractivity contribution in [3.05, 3.63) is 115 Å². The number of nitro benzene ring substituents is 2. The predicted octanol–water partition coefficient (Wildman–Crippen LogP) is 9.39. The van der Waals surface area contributed by atoms with E-state index in [1.54, 1.807) is 0 Å². The van der Waals surface area contributed by atoms with Crippen LogP contribution in [-0.4, -0.2) is 85.7 Å². The van der Waals surface area contributed by atoms with E-state index in [0.717, 1.165) is 55.2 Å². The number of likely N-dealkylation sites (N-methyl/N-ethyl adjacent to an activating group) is 2. The Bertz CT molecular complexity index is 1910. The molecule has 0 spiro atoms. The third kappa shape index (κ3) is 22.4. The highest BCUT2D eigenvalue weighted by Crippen LogP contribution is 2.25. The van der Waals surface area contributed by atoms with Crippen LogP contribution in [0.15, 0.2) is 84.9 Å². The first-order chi connectivity index (χ1) is 31.1. The van der Waals surface area contributed by atoms with Crippen LogP contribution in [0, 0.1) is 20.2 Å². The summed E-state index contributed by atoms with van der Waals surface area (Å²) < 4.78 is 11.1. The topological polar surface area (TPSA) is 253 Å². The number of non-ortho nitro benzene ring substituents is 2. The van der Waals surface area contributed by atoms with Crippen LogP contribution >= 0.6 is 23.2 Å². The number of nitrogens with zero attached hydrogens (tertiary/aromatic N) is 5. The van der Waals surface area contributed by atoms with Gasteiger partial charge in [-0.15, -0.1) is 0 Å². The summed E-state index contributed by atoms with van der Waals surface area (Å²) in [5.74, 6) is -0.433. The van der Waals surface area contributed by atoms with Crippen molar-refractivity contribution in [2.75, 3.05) is 91.8 Å². The Hall–Kier alpha value is -6.04. The van der Waals surface area contributed by atoms with Crippen molar-refractivity contribution >= 4 is 80.6 Å². The quantitative estimate of drug-likeness (QED) is 0.0159. The Morgan fingerprint density at radius 1 is 0.554 bits per heavy atom. The molecule has 0 heterocycles. The second-order valence-electron chi connectivity index (χ2n) is 14.8. The second kappa shape index (κ2) is 30.9. The van der Waals surface area contributed by atoms with E-state index in [1.165, 1.54) is 62.1 Å². The Morgan fingerprint density at radius 2 is 0.938 bits per heavy atom. The first-order valence-corrected chi connectivity index (χ1v) is 22.5. The lowest BCUT2D eigenvalue weighted by Gasteiger charge is -2.24. The van der Waals surface area contributed by atoms with Crippen molar-refractivity contribution in [1.29, 1.82) is 0 Å². The minimum atomic E-state index is -0.522. The van der Waals surface area contributed by atoms with Crippen molar-refractivity contribution in [3.63, 3.8) is 0 Å². The van der Waals surface area contributed by atoms with Crippen LogP contribution in [0.2, 0.25) is 10.0 Å². The molecule has 4 aromatic carbocycles. The van der Waals surface area contributed by atoms with Crippen molar-refractivity contribution in [2.24, 2.45) is 0 Å². The van der Waals surface area contributed by atoms with Crippen molar-refractivity contribution in [3.8, 4) is 0 Å². The summed E-state index contributed by atoms with van der Waals surface area (Å²) in [6.07, 6.45) is 7.76. The molecule has 19 heteroatoms. The maximum Gasteiger partial charge on any atom is 0.307 e. The number of hydrogen-bond acceptors (Lipinski definition) is 15. The Kier molecular flexibility index (Phi) is 26.2. The van der Waals surface area contributed by atoms with Crippen molar-refractivity contribution < 1.29 is 28.9 Å². The number of ether oxygens (including phenoxy) is 2. The van der Waals surface area contributed by atoms with E-state index in [1.807, 2.05) is 48.5 Å². The molecule has 0 aliphatic carbocycles. The van der Waals surface area contributed by atoms with E-state index in [2.05, 4.69) is 35.5 Å². The van der Waals surface area contributed by atoms with Crippen LogP contribution in [0.5, 0.6) is 0 Å². The number of esters is 2. The third-order valence-corrected chi connectivity index (χ3v) is 10.7. The zero-order chi connectivity index (χ0) is 48.1. The Labute approximate surface area is 392 Å². The van der Waals surface area contributed by atoms with Crippen LogP contribution in [0.4, 0.5) is 45.5 Å². The van der Waals surface area contributed by atoms with Gasteiger partial charge in [0.1, 0.15) is 13.2 Å². The van der Waals surface area contributed by atoms with E-state index < -0.39 is 9.85 Å². The van der Waals surface area contributed by atoms with Gasteiger partial charge in [-0.25, -0.2) is 0 Å². The van der Waals surface area contributed by atoms with Crippen molar-refractivity contribution in [2.45, 2.75) is 72.1 Å². The van der Waals surface area contributed by atoms with Crippen molar-refractivity contribution in [1.82, 2.24) is 4.90 Å². The molecular formula is C46H65Cl2N9O8. The van der Waals surface area contributed by atoms with E-state index in [9.17, 15) is 29.8 Å². The number of nitro groups is 2. The number of unbranched alkanes of at least 4 members (excludes halogenated alkanes) is 5. The summed E-state index contributed by atoms with van der Waals surface area (Å²) in [5, 5.41) is 20.8. The average Bonchev–Trinajstić information content (AvgIpc) is 3.28. The molecule has 0 amide bonds. The zero-order valence-corrected chi connectivity index (χ0v) is 39.2. The summed E-state index contributed by atoms with van der Waals surface area (Å²) in [6.45, 7) is 11.9. The minimum Gasteiger partial charge on any atom is -0.464 e. The fourth-order valence-corrected chi connectivity index (χ4v) is 6.55. The fraction of sp³-hybridized carbons (Fsp3) is 0.435. The van der Waals surface area contributed by atoms with Gasteiger partial charge in [0.05, 0.1) is 57.2 Å². The van der Waals surface area contributed by atoms with Crippen LogP contribution in [-0.2, 0) is 19.1 Å². The lowest BCUT2D eigenvalue weighted by Crippen LogP contribution is -2.32. The Balaban J connectivity index is 0.000000530. The number of nitrogen functional groups attached to an aromatic ring is 4. The molecule has 4 aromatic rings. The number of rotatable bonds is 25. The van der Waals surface area contributed by atoms with E-state index in [0.29, 0.717) is 63.6 Å².